The number of hydrogen-bond acceptors (Lipinski definition) is 5. The van der Waals surface area contributed by atoms with Gasteiger partial charge in [-0.3, -0.25) is 4.98 Å². The summed E-state index contributed by atoms with van der Waals surface area (Å²) in [5.74, 6) is 6.67. The van der Waals surface area contributed by atoms with Crippen LogP contribution in [0.3, 0.4) is 0 Å². The molecule has 15 heavy (non-hydrogen) atoms. The molecule has 5 nitrogen and oxygen atoms in total. The van der Waals surface area contributed by atoms with Crippen molar-refractivity contribution in [3.8, 4) is 0 Å². The van der Waals surface area contributed by atoms with Crippen LogP contribution in [0.25, 0.3) is 0 Å². The number of aromatic nitrogens is 2. The highest BCUT2D eigenvalue weighted by Crippen LogP contribution is 2.18. The molecule has 3 N–H and O–H groups in total. The van der Waals surface area contributed by atoms with Gasteiger partial charge in [-0.05, 0) is 5.41 Å². The Morgan fingerprint density at radius 2 is 2.07 bits per heavy atom. The Hall–Kier alpha value is -1.36. The van der Waals surface area contributed by atoms with Crippen LogP contribution in [-0.4, -0.2) is 23.6 Å². The second-order valence-corrected chi connectivity index (χ2v) is 4.82. The van der Waals surface area contributed by atoms with Gasteiger partial charge in [-0.1, -0.05) is 20.8 Å². The zero-order valence-corrected chi connectivity index (χ0v) is 9.78. The smallest absolute Gasteiger partial charge is 0.160 e. The number of nitrogen functional groups attached to an aromatic ring is 1. The first-order chi connectivity index (χ1) is 6.92. The molecule has 84 valence electrons. The topological polar surface area (TPSA) is 67.1 Å². The Balaban J connectivity index is 2.77. The zero-order valence-electron chi connectivity index (χ0n) is 9.78. The van der Waals surface area contributed by atoms with Gasteiger partial charge in [0.25, 0.3) is 0 Å². The molecule has 0 aromatic carbocycles. The maximum absolute atomic E-state index is 5.28. The van der Waals surface area contributed by atoms with Crippen LogP contribution in [0.2, 0.25) is 0 Å². The van der Waals surface area contributed by atoms with E-state index >= 15 is 0 Å². The molecule has 0 amide bonds. The molecule has 1 rings (SSSR count). The lowest BCUT2D eigenvalue weighted by atomic mass is 9.96. The van der Waals surface area contributed by atoms with Crippen molar-refractivity contribution >= 4 is 11.6 Å². The summed E-state index contributed by atoms with van der Waals surface area (Å²) in [5, 5.41) is 0. The Labute approximate surface area is 90.7 Å². The van der Waals surface area contributed by atoms with Crippen LogP contribution in [0.5, 0.6) is 0 Å². The molecule has 0 aliphatic heterocycles. The predicted octanol–water partition coefficient (Wildman–Crippen LogP) is 1.24. The van der Waals surface area contributed by atoms with Gasteiger partial charge in [-0.15, -0.1) is 0 Å². The standard InChI is InChI=1S/C10H19N5/c1-10(2,3)7-15(4)9-6-12-5-8(13-9)14-11/h5-6H,7,11H2,1-4H3,(H,13,14). The molecule has 0 radical (unpaired) electrons. The quantitative estimate of drug-likeness (QED) is 0.579. The van der Waals surface area contributed by atoms with Crippen LogP contribution in [0.15, 0.2) is 12.4 Å². The summed E-state index contributed by atoms with van der Waals surface area (Å²) in [6.07, 6.45) is 3.32. The minimum absolute atomic E-state index is 0.225. The van der Waals surface area contributed by atoms with E-state index in [1.807, 2.05) is 7.05 Å². The summed E-state index contributed by atoms with van der Waals surface area (Å²) in [6.45, 7) is 7.46. The van der Waals surface area contributed by atoms with Gasteiger partial charge in [-0.25, -0.2) is 10.8 Å². The van der Waals surface area contributed by atoms with E-state index < -0.39 is 0 Å². The monoisotopic (exact) mass is 209 g/mol. The molecule has 0 aliphatic rings. The molecule has 1 heterocycles. The number of nitrogens with two attached hydrogens (primary N) is 1. The van der Waals surface area contributed by atoms with E-state index in [0.29, 0.717) is 5.82 Å². The van der Waals surface area contributed by atoms with E-state index in [2.05, 4.69) is 41.1 Å². The van der Waals surface area contributed by atoms with Crippen LogP contribution in [0, 0.1) is 5.41 Å². The van der Waals surface area contributed by atoms with E-state index in [-0.39, 0.29) is 5.41 Å². The Bertz CT molecular complexity index is 318. The molecule has 0 fully saturated rings. The first-order valence-electron chi connectivity index (χ1n) is 4.92. The highest BCUT2D eigenvalue weighted by Gasteiger charge is 2.14. The van der Waals surface area contributed by atoms with Gasteiger partial charge in [0.1, 0.15) is 5.82 Å². The molecule has 0 saturated carbocycles. The molecule has 0 aliphatic carbocycles. The first kappa shape index (κ1) is 11.7. The van der Waals surface area contributed by atoms with Crippen molar-refractivity contribution in [1.82, 2.24) is 9.97 Å². The maximum Gasteiger partial charge on any atom is 0.160 e. The summed E-state index contributed by atoms with van der Waals surface area (Å²) in [7, 11) is 2.00. The number of rotatable bonds is 3. The van der Waals surface area contributed by atoms with E-state index in [4.69, 9.17) is 5.84 Å². The van der Waals surface area contributed by atoms with E-state index in [9.17, 15) is 0 Å². The largest absolute Gasteiger partial charge is 0.358 e. The van der Waals surface area contributed by atoms with Gasteiger partial charge in [0.05, 0.1) is 12.4 Å². The molecule has 5 heteroatoms. The van der Waals surface area contributed by atoms with Crippen molar-refractivity contribution in [2.45, 2.75) is 20.8 Å². The van der Waals surface area contributed by atoms with E-state index in [0.717, 1.165) is 12.4 Å². The summed E-state index contributed by atoms with van der Waals surface area (Å²) in [4.78, 5) is 10.4. The second kappa shape index (κ2) is 4.44. The lowest BCUT2D eigenvalue weighted by Gasteiger charge is -2.27. The lowest BCUT2D eigenvalue weighted by molar-refractivity contribution is 0.417. The molecule has 1 aromatic rings. The fourth-order valence-electron chi connectivity index (χ4n) is 1.40. The second-order valence-electron chi connectivity index (χ2n) is 4.82. The normalized spacial score (nSPS) is 11.3. The summed E-state index contributed by atoms with van der Waals surface area (Å²) >= 11 is 0. The van der Waals surface area contributed by atoms with Gasteiger partial charge < -0.3 is 10.3 Å². The first-order valence-corrected chi connectivity index (χ1v) is 4.92. The van der Waals surface area contributed by atoms with E-state index in [1.165, 1.54) is 0 Å². The van der Waals surface area contributed by atoms with Crippen LogP contribution < -0.4 is 16.2 Å². The molecule has 0 bridgehead atoms. The van der Waals surface area contributed by atoms with Gasteiger partial charge in [0, 0.05) is 13.6 Å². The molecule has 1 aromatic heterocycles. The fraction of sp³-hybridized carbons (Fsp3) is 0.600. The number of anilines is 2. The number of hydrazine groups is 1. The zero-order chi connectivity index (χ0) is 11.5. The third-order valence-corrected chi connectivity index (χ3v) is 1.87. The van der Waals surface area contributed by atoms with Crippen LogP contribution in [0.4, 0.5) is 11.6 Å². The molecular weight excluding hydrogens is 190 g/mol. The van der Waals surface area contributed by atoms with Gasteiger partial charge in [0.15, 0.2) is 5.82 Å². The van der Waals surface area contributed by atoms with E-state index in [1.54, 1.807) is 12.4 Å². The average molecular weight is 209 g/mol. The third kappa shape index (κ3) is 3.71. The molecule has 0 spiro atoms. The average Bonchev–Trinajstić information content (AvgIpc) is 2.15. The summed E-state index contributed by atoms with van der Waals surface area (Å²) in [6, 6.07) is 0. The van der Waals surface area contributed by atoms with Crippen LogP contribution in [-0.2, 0) is 0 Å². The highest BCUT2D eigenvalue weighted by molar-refractivity contribution is 5.42. The fourth-order valence-corrected chi connectivity index (χ4v) is 1.40. The SMILES string of the molecule is CN(CC(C)(C)C)c1cncc(NN)n1. The predicted molar refractivity (Wildman–Crippen MR) is 62.6 cm³/mol. The minimum atomic E-state index is 0.225. The van der Waals surface area contributed by atoms with Crippen molar-refractivity contribution in [2.24, 2.45) is 11.3 Å². The summed E-state index contributed by atoms with van der Waals surface area (Å²) < 4.78 is 0. The maximum atomic E-state index is 5.28. The third-order valence-electron chi connectivity index (χ3n) is 1.87. The number of nitrogens with one attached hydrogen (secondary N) is 1. The van der Waals surface area contributed by atoms with Crippen molar-refractivity contribution in [1.29, 1.82) is 0 Å². The van der Waals surface area contributed by atoms with Crippen LogP contribution >= 0.6 is 0 Å². The molecule has 0 saturated heterocycles. The lowest BCUT2D eigenvalue weighted by Crippen LogP contribution is -2.30. The van der Waals surface area contributed by atoms with Crippen molar-refractivity contribution < 1.29 is 0 Å². The van der Waals surface area contributed by atoms with Crippen molar-refractivity contribution in [2.75, 3.05) is 23.9 Å². The van der Waals surface area contributed by atoms with Gasteiger partial charge >= 0.3 is 0 Å². The van der Waals surface area contributed by atoms with Gasteiger partial charge in [0.2, 0.25) is 0 Å². The molecular formula is C10H19N5. The van der Waals surface area contributed by atoms with Crippen LogP contribution in [0.1, 0.15) is 20.8 Å². The van der Waals surface area contributed by atoms with Crippen molar-refractivity contribution in [3.63, 3.8) is 0 Å². The van der Waals surface area contributed by atoms with Gasteiger partial charge in [-0.2, -0.15) is 0 Å². The van der Waals surface area contributed by atoms with Crippen molar-refractivity contribution in [3.05, 3.63) is 12.4 Å². The molecule has 0 atom stereocenters. The Morgan fingerprint density at radius 1 is 1.40 bits per heavy atom. The molecule has 0 unspecified atom stereocenters. The highest BCUT2D eigenvalue weighted by atomic mass is 15.3. The summed E-state index contributed by atoms with van der Waals surface area (Å²) in [5.41, 5.74) is 2.71. The minimum Gasteiger partial charge on any atom is -0.358 e. The number of nitrogens with zero attached hydrogens (tertiary/aromatic N) is 3. The Kier molecular flexibility index (Phi) is 3.47. The number of hydrogen-bond donors (Lipinski definition) is 2. The Morgan fingerprint density at radius 3 is 2.60 bits per heavy atom.